The topological polar surface area (TPSA) is 38.1 Å². The van der Waals surface area contributed by atoms with Crippen molar-refractivity contribution in [3.8, 4) is 0 Å². The fourth-order valence-electron chi connectivity index (χ4n) is 0.869. The van der Waals surface area contributed by atoms with Gasteiger partial charge in [-0.05, 0) is 7.05 Å². The molecule has 0 bridgehead atoms. The minimum Gasteiger partial charge on any atom is -0.410 e. The van der Waals surface area contributed by atoms with Crippen LogP contribution in [0.5, 0.6) is 0 Å². The molecule has 0 N–H and O–H groups in total. The molecule has 6 heteroatoms. The molecule has 0 amide bonds. The van der Waals surface area contributed by atoms with Crippen molar-refractivity contribution in [2.45, 2.75) is 0 Å². The first-order valence-electron chi connectivity index (χ1n) is 3.74. The van der Waals surface area contributed by atoms with Crippen LogP contribution in [0.3, 0.4) is 0 Å². The van der Waals surface area contributed by atoms with E-state index >= 15 is 0 Å². The third-order valence-corrected chi connectivity index (χ3v) is 1.80. The zero-order valence-corrected chi connectivity index (χ0v) is 7.83. The van der Waals surface area contributed by atoms with Gasteiger partial charge >= 0.3 is 0 Å². The molecule has 0 atom stereocenters. The minimum atomic E-state index is -0.0220. The smallest absolute Gasteiger partial charge is 0.254 e. The zero-order valence-electron chi connectivity index (χ0n) is 7.83. The van der Waals surface area contributed by atoms with Crippen molar-refractivity contribution >= 4 is 27.4 Å². The predicted octanol–water partition coefficient (Wildman–Crippen LogP) is -2.98. The van der Waals surface area contributed by atoms with Gasteiger partial charge in [-0.2, -0.15) is 0 Å². The maximum absolute atomic E-state index is 11.3. The summed E-state index contributed by atoms with van der Waals surface area (Å²) < 4.78 is 1.52. The molecule has 0 saturated heterocycles. The number of anilines is 1. The number of hydrogen-bond acceptors (Lipinski definition) is 3. The summed E-state index contributed by atoms with van der Waals surface area (Å²) in [6.07, 6.45) is 0. The fourth-order valence-corrected chi connectivity index (χ4v) is 0.869. The second-order valence-electron chi connectivity index (χ2n) is 2.95. The van der Waals surface area contributed by atoms with Crippen LogP contribution in [0.4, 0.5) is 5.82 Å². The van der Waals surface area contributed by atoms with E-state index in [2.05, 4.69) is 4.98 Å². The van der Waals surface area contributed by atoms with Crippen molar-refractivity contribution in [3.05, 3.63) is 16.4 Å². The molecule has 0 aliphatic rings. The van der Waals surface area contributed by atoms with Crippen LogP contribution in [0.15, 0.2) is 10.9 Å². The molecule has 0 fully saturated rings. The molecule has 0 saturated carbocycles. The van der Waals surface area contributed by atoms with Gasteiger partial charge in [0.15, 0.2) is 7.85 Å². The lowest BCUT2D eigenvalue weighted by Crippen LogP contribution is -2.34. The maximum atomic E-state index is 11.3. The Labute approximate surface area is 73.1 Å². The average Bonchev–Trinajstić information content (AvgIpc) is 1.99. The van der Waals surface area contributed by atoms with E-state index in [1.165, 1.54) is 10.6 Å². The second kappa shape index (κ2) is 3.05. The van der Waals surface area contributed by atoms with E-state index in [1.807, 2.05) is 27.7 Å². The highest BCUT2D eigenvalue weighted by Gasteiger charge is 2.01. The van der Waals surface area contributed by atoms with Crippen LogP contribution >= 0.6 is 0 Å². The molecule has 1 aromatic heterocycles. The van der Waals surface area contributed by atoms with Crippen molar-refractivity contribution in [2.75, 3.05) is 11.9 Å². The third kappa shape index (κ3) is 1.52. The second-order valence-corrected chi connectivity index (χ2v) is 2.95. The summed E-state index contributed by atoms with van der Waals surface area (Å²) in [5.74, 6) is 0.704. The summed E-state index contributed by atoms with van der Waals surface area (Å²) in [6.45, 7) is 0. The van der Waals surface area contributed by atoms with Crippen molar-refractivity contribution in [1.29, 1.82) is 0 Å². The molecule has 1 aromatic rings. The first-order valence-corrected chi connectivity index (χ1v) is 3.74. The Balaban J connectivity index is 3.31. The van der Waals surface area contributed by atoms with Gasteiger partial charge in [0.05, 0.1) is 5.72 Å². The summed E-state index contributed by atoms with van der Waals surface area (Å²) in [5.41, 5.74) is 0.706. The van der Waals surface area contributed by atoms with Gasteiger partial charge in [0.2, 0.25) is 7.98 Å². The van der Waals surface area contributed by atoms with E-state index in [0.29, 0.717) is 5.82 Å². The highest BCUT2D eigenvalue weighted by Crippen LogP contribution is 1.97. The van der Waals surface area contributed by atoms with Crippen LogP contribution in [-0.2, 0) is 7.05 Å². The van der Waals surface area contributed by atoms with Crippen LogP contribution in [0.1, 0.15) is 0 Å². The normalized spacial score (nSPS) is 9.83. The Morgan fingerprint density at radius 2 is 2.25 bits per heavy atom. The van der Waals surface area contributed by atoms with Gasteiger partial charge in [0.25, 0.3) is 5.56 Å². The summed E-state index contributed by atoms with van der Waals surface area (Å²) in [7, 11) is 7.25. The summed E-state index contributed by atoms with van der Waals surface area (Å²) in [4.78, 5) is 17.3. The Kier molecular flexibility index (Phi) is 2.26. The van der Waals surface area contributed by atoms with Gasteiger partial charge < -0.3 is 9.38 Å². The average molecular weight is 163 g/mol. The van der Waals surface area contributed by atoms with E-state index in [9.17, 15) is 4.79 Å². The molecule has 62 valence electrons. The largest absolute Gasteiger partial charge is 0.410 e. The standard InChI is InChI=1S/C6H11B2N3O/c1-10-5(12)3-4(11(2)8)9-6(10)7/h3H,7-8H2,1-2H3. The van der Waals surface area contributed by atoms with Gasteiger partial charge in [-0.15, -0.1) is 0 Å². The van der Waals surface area contributed by atoms with Crippen LogP contribution in [0.25, 0.3) is 0 Å². The van der Waals surface area contributed by atoms with E-state index in [4.69, 9.17) is 0 Å². The van der Waals surface area contributed by atoms with Gasteiger partial charge in [0, 0.05) is 13.1 Å². The van der Waals surface area contributed by atoms with Crippen molar-refractivity contribution < 1.29 is 0 Å². The number of aromatic nitrogens is 2. The molecule has 0 radical (unpaired) electrons. The van der Waals surface area contributed by atoms with Gasteiger partial charge in [0.1, 0.15) is 5.82 Å². The summed E-state index contributed by atoms with van der Waals surface area (Å²) >= 11 is 0. The molecule has 4 nitrogen and oxygen atoms in total. The number of rotatable bonds is 1. The molecule has 1 heterocycles. The van der Waals surface area contributed by atoms with Crippen molar-refractivity contribution in [2.24, 2.45) is 7.05 Å². The molecule has 0 aliphatic carbocycles. The third-order valence-electron chi connectivity index (χ3n) is 1.80. The first-order chi connectivity index (χ1) is 5.52. The molecule has 0 aliphatic heterocycles. The lowest BCUT2D eigenvalue weighted by molar-refractivity contribution is 0.861. The van der Waals surface area contributed by atoms with Crippen LogP contribution in [0.2, 0.25) is 0 Å². The molecular formula is C6H11B2N3O. The first kappa shape index (κ1) is 8.90. The minimum absolute atomic E-state index is 0.0220. The lowest BCUT2D eigenvalue weighted by atomic mass is 10.1. The fraction of sp³-hybridized carbons (Fsp3) is 0.333. The van der Waals surface area contributed by atoms with Gasteiger partial charge in [-0.25, -0.2) is 4.98 Å². The predicted molar refractivity (Wildman–Crippen MR) is 54.6 cm³/mol. The van der Waals surface area contributed by atoms with Crippen molar-refractivity contribution in [3.63, 3.8) is 0 Å². The van der Waals surface area contributed by atoms with Crippen molar-refractivity contribution in [1.82, 2.24) is 9.55 Å². The van der Waals surface area contributed by atoms with E-state index in [0.717, 1.165) is 5.72 Å². The van der Waals surface area contributed by atoms with Gasteiger partial charge in [-0.3, -0.25) is 4.79 Å². The molecular weight excluding hydrogens is 152 g/mol. The Morgan fingerprint density at radius 3 is 2.67 bits per heavy atom. The Bertz CT molecular complexity index is 347. The highest BCUT2D eigenvalue weighted by molar-refractivity contribution is 6.29. The Hall–Kier alpha value is -1.19. The lowest BCUT2D eigenvalue weighted by Gasteiger charge is -2.13. The number of nitrogens with zero attached hydrogens (tertiary/aromatic N) is 3. The van der Waals surface area contributed by atoms with E-state index < -0.39 is 0 Å². The maximum Gasteiger partial charge on any atom is 0.254 e. The molecule has 1 rings (SSSR count). The van der Waals surface area contributed by atoms with E-state index in [1.54, 1.807) is 7.05 Å². The quantitative estimate of drug-likeness (QED) is 0.414. The zero-order chi connectivity index (χ0) is 9.30. The monoisotopic (exact) mass is 163 g/mol. The van der Waals surface area contributed by atoms with Crippen LogP contribution < -0.4 is 16.1 Å². The van der Waals surface area contributed by atoms with Gasteiger partial charge in [-0.1, -0.05) is 0 Å². The molecule has 0 unspecified atom stereocenters. The SMILES string of the molecule is Bc1nc(N(B)C)cc(=O)n1C. The number of hydrogen-bond donors (Lipinski definition) is 0. The summed E-state index contributed by atoms with van der Waals surface area (Å²) in [6, 6.07) is 1.52. The molecule has 0 aromatic carbocycles. The van der Waals surface area contributed by atoms with Crippen LogP contribution in [0, 0.1) is 0 Å². The summed E-state index contributed by atoms with van der Waals surface area (Å²) in [5, 5.41) is 0. The molecule has 0 spiro atoms. The van der Waals surface area contributed by atoms with E-state index in [-0.39, 0.29) is 5.56 Å². The Morgan fingerprint density at radius 1 is 1.67 bits per heavy atom. The highest BCUT2D eigenvalue weighted by atomic mass is 16.1. The molecule has 12 heavy (non-hydrogen) atoms. The van der Waals surface area contributed by atoms with Crippen LogP contribution in [-0.4, -0.2) is 32.4 Å².